The molecular weight excluding hydrogens is 447 g/mol. The summed E-state index contributed by atoms with van der Waals surface area (Å²) < 4.78 is 41.4. The van der Waals surface area contributed by atoms with Crippen LogP contribution in [0.2, 0.25) is 5.15 Å². The molecule has 1 heterocycles. The number of alkyl halides is 2. The first-order valence-corrected chi connectivity index (χ1v) is 10.4. The zero-order valence-electron chi connectivity index (χ0n) is 18.0. The van der Waals surface area contributed by atoms with Crippen LogP contribution >= 0.6 is 11.6 Å². The summed E-state index contributed by atoms with van der Waals surface area (Å²) in [5, 5.41) is 4.96. The van der Waals surface area contributed by atoms with Crippen LogP contribution in [0.5, 0.6) is 0 Å². The molecule has 0 aliphatic heterocycles. The highest BCUT2D eigenvalue weighted by atomic mass is 35.5. The molecule has 2 N–H and O–H groups in total. The molecule has 1 fully saturated rings. The number of aromatic nitrogens is 1. The number of aryl methyl sites for hydroxylation is 1. The van der Waals surface area contributed by atoms with E-state index in [4.69, 9.17) is 11.6 Å². The third-order valence-corrected chi connectivity index (χ3v) is 6.32. The Morgan fingerprint density at radius 1 is 1.19 bits per heavy atom. The van der Waals surface area contributed by atoms with Gasteiger partial charge in [-0.05, 0) is 49.6 Å². The van der Waals surface area contributed by atoms with E-state index in [9.17, 15) is 27.6 Å². The van der Waals surface area contributed by atoms with Crippen LogP contribution < -0.4 is 10.6 Å². The van der Waals surface area contributed by atoms with Gasteiger partial charge >= 0.3 is 0 Å². The summed E-state index contributed by atoms with van der Waals surface area (Å²) in [6.45, 7) is 4.66. The van der Waals surface area contributed by atoms with Crippen LogP contribution in [0.1, 0.15) is 58.2 Å². The summed E-state index contributed by atoms with van der Waals surface area (Å²) in [5.74, 6) is -5.96. The summed E-state index contributed by atoms with van der Waals surface area (Å²) in [6.07, 6.45) is -0.820. The lowest BCUT2D eigenvalue weighted by Gasteiger charge is -2.47. The van der Waals surface area contributed by atoms with Gasteiger partial charge < -0.3 is 15.2 Å². The van der Waals surface area contributed by atoms with Gasteiger partial charge in [-0.25, -0.2) is 13.2 Å². The van der Waals surface area contributed by atoms with E-state index < -0.39 is 47.7 Å². The SMILES string of the molecule is CCC1(NC(=O)C(=O)c2c(C)c(C(=O)Nc3ccc(F)c(C)c3)c(Cl)n2C)CC(F)(F)C1. The highest BCUT2D eigenvalue weighted by molar-refractivity contribution is 6.44. The zero-order chi connectivity index (χ0) is 24.0. The average Bonchev–Trinajstić information content (AvgIpc) is 2.91. The fourth-order valence-corrected chi connectivity index (χ4v) is 4.38. The number of amides is 2. The molecule has 1 saturated carbocycles. The molecule has 0 spiro atoms. The van der Waals surface area contributed by atoms with Crippen molar-refractivity contribution < 1.29 is 27.6 Å². The van der Waals surface area contributed by atoms with Gasteiger partial charge in [0.1, 0.15) is 11.0 Å². The first-order chi connectivity index (χ1) is 14.8. The fourth-order valence-electron chi connectivity index (χ4n) is 4.06. The number of nitrogens with one attached hydrogen (secondary N) is 2. The highest BCUT2D eigenvalue weighted by Crippen LogP contribution is 2.47. The number of halogens is 4. The van der Waals surface area contributed by atoms with Crippen LogP contribution in [-0.4, -0.2) is 33.6 Å². The largest absolute Gasteiger partial charge is 0.343 e. The smallest absolute Gasteiger partial charge is 0.294 e. The second-order valence-electron chi connectivity index (χ2n) is 8.24. The predicted molar refractivity (Wildman–Crippen MR) is 114 cm³/mol. The van der Waals surface area contributed by atoms with E-state index in [1.807, 2.05) is 0 Å². The lowest BCUT2D eigenvalue weighted by atomic mass is 9.71. The van der Waals surface area contributed by atoms with Gasteiger partial charge in [0.2, 0.25) is 0 Å². The molecule has 6 nitrogen and oxygen atoms in total. The molecule has 0 radical (unpaired) electrons. The second-order valence-corrected chi connectivity index (χ2v) is 8.60. The van der Waals surface area contributed by atoms with E-state index in [0.29, 0.717) is 11.3 Å². The van der Waals surface area contributed by atoms with Crippen molar-refractivity contribution in [2.75, 3.05) is 5.32 Å². The molecule has 172 valence electrons. The van der Waals surface area contributed by atoms with Gasteiger partial charge in [-0.1, -0.05) is 18.5 Å². The molecule has 1 aliphatic rings. The van der Waals surface area contributed by atoms with E-state index in [-0.39, 0.29) is 28.4 Å². The summed E-state index contributed by atoms with van der Waals surface area (Å²) in [5.41, 5.74) is -0.455. The second kappa shape index (κ2) is 8.27. The molecule has 1 aromatic heterocycles. The van der Waals surface area contributed by atoms with Gasteiger partial charge in [-0.2, -0.15) is 0 Å². The van der Waals surface area contributed by atoms with Crippen LogP contribution in [0.4, 0.5) is 18.9 Å². The Labute approximate surface area is 188 Å². The van der Waals surface area contributed by atoms with Crippen LogP contribution in [0.3, 0.4) is 0 Å². The molecule has 0 saturated heterocycles. The van der Waals surface area contributed by atoms with Crippen molar-refractivity contribution in [3.8, 4) is 0 Å². The van der Waals surface area contributed by atoms with Crippen molar-refractivity contribution in [2.45, 2.75) is 51.5 Å². The zero-order valence-corrected chi connectivity index (χ0v) is 18.8. The maximum Gasteiger partial charge on any atom is 0.294 e. The lowest BCUT2D eigenvalue weighted by molar-refractivity contribution is -0.145. The van der Waals surface area contributed by atoms with Gasteiger partial charge in [-0.15, -0.1) is 0 Å². The highest BCUT2D eigenvalue weighted by Gasteiger charge is 2.56. The Morgan fingerprint density at radius 3 is 2.34 bits per heavy atom. The van der Waals surface area contributed by atoms with E-state index in [1.54, 1.807) is 13.8 Å². The molecule has 0 bridgehead atoms. The number of anilines is 1. The van der Waals surface area contributed by atoms with Crippen LogP contribution in [-0.2, 0) is 11.8 Å². The number of hydrogen-bond donors (Lipinski definition) is 2. The number of benzene rings is 1. The van der Waals surface area contributed by atoms with E-state index in [1.165, 1.54) is 36.7 Å². The van der Waals surface area contributed by atoms with E-state index in [0.717, 1.165) is 0 Å². The quantitative estimate of drug-likeness (QED) is 0.480. The van der Waals surface area contributed by atoms with Crippen molar-refractivity contribution in [2.24, 2.45) is 7.05 Å². The Morgan fingerprint density at radius 2 is 1.81 bits per heavy atom. The molecule has 1 aromatic carbocycles. The predicted octanol–water partition coefficient (Wildman–Crippen LogP) is 4.56. The number of hydrogen-bond acceptors (Lipinski definition) is 3. The molecule has 1 aliphatic carbocycles. The van der Waals surface area contributed by atoms with Gasteiger partial charge in [0.05, 0.1) is 16.8 Å². The number of ketones is 1. The number of carbonyl (C=O) groups is 3. The van der Waals surface area contributed by atoms with Crippen molar-refractivity contribution in [1.29, 1.82) is 0 Å². The van der Waals surface area contributed by atoms with Crippen LogP contribution in [0.15, 0.2) is 18.2 Å². The average molecular weight is 470 g/mol. The van der Waals surface area contributed by atoms with Gasteiger partial charge in [0.25, 0.3) is 23.5 Å². The molecule has 2 amide bonds. The molecule has 3 rings (SSSR count). The number of carbonyl (C=O) groups excluding carboxylic acids is 3. The minimum absolute atomic E-state index is 0.0207. The maximum absolute atomic E-state index is 13.5. The van der Waals surface area contributed by atoms with Crippen molar-refractivity contribution in [3.63, 3.8) is 0 Å². The maximum atomic E-state index is 13.5. The lowest BCUT2D eigenvalue weighted by Crippen LogP contribution is -2.63. The third kappa shape index (κ3) is 4.26. The standard InChI is InChI=1S/C22H23ClF3N3O3/c1-5-21(9-22(25,26)10-21)28-20(32)17(30)16-12(3)15(18(23)29(16)4)19(31)27-13-6-7-14(24)11(2)8-13/h6-8H,5,9-10H2,1-4H3,(H,27,31)(H,28,32). The Hall–Kier alpha value is -2.81. The molecule has 0 atom stereocenters. The Balaban J connectivity index is 1.85. The minimum atomic E-state index is -2.87. The topological polar surface area (TPSA) is 80.2 Å². The molecular formula is C22H23ClF3N3O3. The first kappa shape index (κ1) is 23.8. The molecule has 32 heavy (non-hydrogen) atoms. The summed E-state index contributed by atoms with van der Waals surface area (Å²) in [4.78, 5) is 38.3. The van der Waals surface area contributed by atoms with Gasteiger partial charge in [-0.3, -0.25) is 14.4 Å². The number of nitrogens with zero attached hydrogens (tertiary/aromatic N) is 1. The summed E-state index contributed by atoms with van der Waals surface area (Å²) in [6, 6.07) is 4.03. The van der Waals surface area contributed by atoms with Crippen LogP contribution in [0, 0.1) is 19.7 Å². The Bertz CT molecular complexity index is 1120. The monoisotopic (exact) mass is 469 g/mol. The summed E-state index contributed by atoms with van der Waals surface area (Å²) in [7, 11) is 1.42. The van der Waals surface area contributed by atoms with Gasteiger partial charge in [0.15, 0.2) is 0 Å². The number of rotatable bonds is 6. The molecule has 2 aromatic rings. The minimum Gasteiger partial charge on any atom is -0.343 e. The fraction of sp³-hybridized carbons (Fsp3) is 0.409. The van der Waals surface area contributed by atoms with Crippen LogP contribution in [0.25, 0.3) is 0 Å². The van der Waals surface area contributed by atoms with E-state index in [2.05, 4.69) is 10.6 Å². The normalized spacial score (nSPS) is 16.2. The van der Waals surface area contributed by atoms with Crippen molar-refractivity contribution >= 4 is 34.9 Å². The van der Waals surface area contributed by atoms with E-state index >= 15 is 0 Å². The summed E-state index contributed by atoms with van der Waals surface area (Å²) >= 11 is 6.28. The number of Topliss-reactive ketones (excluding diaryl/α,β-unsaturated/α-hetero) is 1. The molecule has 10 heteroatoms. The first-order valence-electron chi connectivity index (χ1n) is 9.98. The van der Waals surface area contributed by atoms with Crippen molar-refractivity contribution in [3.05, 3.63) is 51.6 Å². The van der Waals surface area contributed by atoms with Gasteiger partial charge in [0, 0.05) is 25.6 Å². The molecule has 0 unspecified atom stereocenters. The van der Waals surface area contributed by atoms with Crippen molar-refractivity contribution in [1.82, 2.24) is 9.88 Å². The third-order valence-electron chi connectivity index (χ3n) is 5.88. The Kier molecular flexibility index (Phi) is 6.16.